The summed E-state index contributed by atoms with van der Waals surface area (Å²) in [5.41, 5.74) is 6.91. The van der Waals surface area contributed by atoms with Gasteiger partial charge in [0.15, 0.2) is 0 Å². The van der Waals surface area contributed by atoms with Crippen LogP contribution in [-0.4, -0.2) is 27.8 Å². The number of nitrogens with zero attached hydrogens (tertiary/aromatic N) is 2. The van der Waals surface area contributed by atoms with Gasteiger partial charge in [0.1, 0.15) is 0 Å². The summed E-state index contributed by atoms with van der Waals surface area (Å²) in [5.74, 6) is -0.141. The molecule has 0 aliphatic carbocycles. The number of amides is 1. The van der Waals surface area contributed by atoms with Crippen molar-refractivity contribution >= 4 is 34.2 Å². The van der Waals surface area contributed by atoms with Gasteiger partial charge in [-0.2, -0.15) is 5.10 Å². The van der Waals surface area contributed by atoms with E-state index in [1.54, 1.807) is 17.1 Å². The van der Waals surface area contributed by atoms with Crippen LogP contribution in [0.15, 0.2) is 41.1 Å². The van der Waals surface area contributed by atoms with Crippen LogP contribution < -0.4 is 11.1 Å². The van der Waals surface area contributed by atoms with Gasteiger partial charge in [0.25, 0.3) is 5.91 Å². The van der Waals surface area contributed by atoms with Crippen LogP contribution in [0.25, 0.3) is 5.69 Å². The van der Waals surface area contributed by atoms with Gasteiger partial charge >= 0.3 is 0 Å². The molecule has 126 valence electrons. The standard InChI is InChI=1S/C16H21BrN4O.ClH/c1-3-16(4-2,11-18)20-15(22)12-9-19-21(10-12)14-7-5-13(17)6-8-14;/h5-10H,3-4,11,18H2,1-2H3,(H,20,22);1H. The van der Waals surface area contributed by atoms with E-state index in [4.69, 9.17) is 5.73 Å². The van der Waals surface area contributed by atoms with Crippen LogP contribution in [0, 0.1) is 0 Å². The van der Waals surface area contributed by atoms with Gasteiger partial charge in [-0.1, -0.05) is 29.8 Å². The predicted octanol–water partition coefficient (Wildman–Crippen LogP) is 3.30. The lowest BCUT2D eigenvalue weighted by Gasteiger charge is -2.31. The van der Waals surface area contributed by atoms with Gasteiger partial charge in [0.05, 0.1) is 23.0 Å². The molecule has 7 heteroatoms. The first kappa shape index (κ1) is 19.7. The van der Waals surface area contributed by atoms with Gasteiger partial charge in [-0.05, 0) is 37.1 Å². The van der Waals surface area contributed by atoms with Crippen molar-refractivity contribution in [1.82, 2.24) is 15.1 Å². The van der Waals surface area contributed by atoms with Crippen molar-refractivity contribution < 1.29 is 4.79 Å². The largest absolute Gasteiger partial charge is 0.345 e. The molecule has 5 nitrogen and oxygen atoms in total. The van der Waals surface area contributed by atoms with E-state index in [-0.39, 0.29) is 23.9 Å². The molecular weight excluding hydrogens is 380 g/mol. The monoisotopic (exact) mass is 400 g/mol. The Morgan fingerprint density at radius 1 is 1.30 bits per heavy atom. The fourth-order valence-corrected chi connectivity index (χ4v) is 2.52. The van der Waals surface area contributed by atoms with Crippen LogP contribution in [-0.2, 0) is 0 Å². The van der Waals surface area contributed by atoms with Crippen molar-refractivity contribution in [2.75, 3.05) is 6.54 Å². The van der Waals surface area contributed by atoms with Gasteiger partial charge in [-0.3, -0.25) is 4.79 Å². The number of hydrogen-bond acceptors (Lipinski definition) is 3. The third kappa shape index (κ3) is 4.56. The molecule has 0 aliphatic rings. The molecule has 0 bridgehead atoms. The van der Waals surface area contributed by atoms with E-state index in [1.165, 1.54) is 0 Å². The predicted molar refractivity (Wildman–Crippen MR) is 98.3 cm³/mol. The van der Waals surface area contributed by atoms with Crippen LogP contribution in [0.1, 0.15) is 37.0 Å². The molecule has 0 atom stereocenters. The normalized spacial score (nSPS) is 11.0. The second-order valence-electron chi connectivity index (χ2n) is 5.30. The number of carbonyl (C=O) groups excluding carboxylic acids is 1. The van der Waals surface area contributed by atoms with E-state index in [1.807, 2.05) is 38.1 Å². The molecule has 0 radical (unpaired) electrons. The van der Waals surface area contributed by atoms with Crippen molar-refractivity contribution in [2.45, 2.75) is 32.2 Å². The lowest BCUT2D eigenvalue weighted by atomic mass is 9.92. The molecule has 1 heterocycles. The third-order valence-electron chi connectivity index (χ3n) is 4.06. The first-order valence-corrected chi connectivity index (χ1v) is 8.16. The maximum atomic E-state index is 12.4. The molecule has 23 heavy (non-hydrogen) atoms. The van der Waals surface area contributed by atoms with Gasteiger partial charge in [-0.15, -0.1) is 12.4 Å². The maximum absolute atomic E-state index is 12.4. The molecule has 1 aromatic heterocycles. The first-order chi connectivity index (χ1) is 10.5. The highest BCUT2D eigenvalue weighted by atomic mass is 79.9. The summed E-state index contributed by atoms with van der Waals surface area (Å²) < 4.78 is 2.68. The molecule has 2 aromatic rings. The van der Waals surface area contributed by atoms with Crippen molar-refractivity contribution in [3.05, 3.63) is 46.7 Å². The van der Waals surface area contributed by atoms with Gasteiger partial charge < -0.3 is 11.1 Å². The zero-order chi connectivity index (χ0) is 16.2. The topological polar surface area (TPSA) is 72.9 Å². The number of halogens is 2. The lowest BCUT2D eigenvalue weighted by molar-refractivity contribution is 0.0895. The highest BCUT2D eigenvalue weighted by Crippen LogP contribution is 2.16. The van der Waals surface area contributed by atoms with E-state index < -0.39 is 0 Å². The van der Waals surface area contributed by atoms with Gasteiger partial charge in [0.2, 0.25) is 0 Å². The molecule has 0 spiro atoms. The van der Waals surface area contributed by atoms with Crippen LogP contribution in [0.5, 0.6) is 0 Å². The van der Waals surface area contributed by atoms with E-state index in [0.29, 0.717) is 12.1 Å². The van der Waals surface area contributed by atoms with Gasteiger partial charge in [-0.25, -0.2) is 4.68 Å². The van der Waals surface area contributed by atoms with E-state index in [2.05, 4.69) is 26.3 Å². The van der Waals surface area contributed by atoms with E-state index in [0.717, 1.165) is 23.0 Å². The average molecular weight is 402 g/mol. The number of aromatic nitrogens is 2. The number of carbonyl (C=O) groups is 1. The molecule has 2 rings (SSSR count). The summed E-state index contributed by atoms with van der Waals surface area (Å²) in [6, 6.07) is 7.73. The summed E-state index contributed by atoms with van der Waals surface area (Å²) >= 11 is 3.40. The third-order valence-corrected chi connectivity index (χ3v) is 4.59. The Kier molecular flexibility index (Phi) is 7.25. The van der Waals surface area contributed by atoms with Crippen molar-refractivity contribution in [2.24, 2.45) is 5.73 Å². The summed E-state index contributed by atoms with van der Waals surface area (Å²) in [4.78, 5) is 12.4. The van der Waals surface area contributed by atoms with Crippen LogP contribution in [0.4, 0.5) is 0 Å². The zero-order valence-electron chi connectivity index (χ0n) is 13.3. The molecular formula is C16H22BrClN4O. The Morgan fingerprint density at radius 3 is 2.43 bits per heavy atom. The molecule has 0 fully saturated rings. The SMILES string of the molecule is CCC(CC)(CN)NC(=O)c1cnn(-c2ccc(Br)cc2)c1.Cl. The highest BCUT2D eigenvalue weighted by molar-refractivity contribution is 9.10. The Morgan fingerprint density at radius 2 is 1.91 bits per heavy atom. The second-order valence-corrected chi connectivity index (χ2v) is 6.21. The quantitative estimate of drug-likeness (QED) is 0.780. The highest BCUT2D eigenvalue weighted by Gasteiger charge is 2.27. The van der Waals surface area contributed by atoms with E-state index in [9.17, 15) is 4.79 Å². The molecule has 3 N–H and O–H groups in total. The van der Waals surface area contributed by atoms with Crippen LogP contribution in [0.3, 0.4) is 0 Å². The first-order valence-electron chi connectivity index (χ1n) is 7.36. The molecule has 0 aliphatic heterocycles. The zero-order valence-corrected chi connectivity index (χ0v) is 15.7. The molecule has 0 saturated heterocycles. The molecule has 1 aromatic carbocycles. The van der Waals surface area contributed by atoms with Crippen molar-refractivity contribution in [1.29, 1.82) is 0 Å². The minimum absolute atomic E-state index is 0. The molecule has 0 saturated carbocycles. The van der Waals surface area contributed by atoms with E-state index >= 15 is 0 Å². The summed E-state index contributed by atoms with van der Waals surface area (Å²) in [6.45, 7) is 4.48. The summed E-state index contributed by atoms with van der Waals surface area (Å²) in [5, 5.41) is 7.30. The summed E-state index contributed by atoms with van der Waals surface area (Å²) in [7, 11) is 0. The molecule has 0 unspecified atom stereocenters. The van der Waals surface area contributed by atoms with Crippen LogP contribution in [0.2, 0.25) is 0 Å². The Bertz CT molecular complexity index is 630. The second kappa shape index (κ2) is 8.47. The minimum Gasteiger partial charge on any atom is -0.345 e. The van der Waals surface area contributed by atoms with Crippen molar-refractivity contribution in [3.8, 4) is 5.69 Å². The number of benzene rings is 1. The Labute approximate surface area is 151 Å². The average Bonchev–Trinajstić information content (AvgIpc) is 3.03. The fourth-order valence-electron chi connectivity index (χ4n) is 2.25. The van der Waals surface area contributed by atoms with Crippen LogP contribution >= 0.6 is 28.3 Å². The van der Waals surface area contributed by atoms with Gasteiger partial charge in [0, 0.05) is 17.2 Å². The number of nitrogens with one attached hydrogen (secondary N) is 1. The maximum Gasteiger partial charge on any atom is 0.254 e. The number of nitrogens with two attached hydrogens (primary N) is 1. The lowest BCUT2D eigenvalue weighted by Crippen LogP contribution is -2.52. The number of rotatable bonds is 6. The van der Waals surface area contributed by atoms with Crippen molar-refractivity contribution in [3.63, 3.8) is 0 Å². The molecule has 1 amide bonds. The minimum atomic E-state index is -0.350. The Hall–Kier alpha value is -1.37. The smallest absolute Gasteiger partial charge is 0.254 e. The number of hydrogen-bond donors (Lipinski definition) is 2. The summed E-state index contributed by atoms with van der Waals surface area (Å²) in [6.07, 6.45) is 4.90. The fraction of sp³-hybridized carbons (Fsp3) is 0.375. The Balaban J connectivity index is 0.00000264.